The molecular weight excluding hydrogens is 350 g/mol. The van der Waals surface area contributed by atoms with Gasteiger partial charge in [-0.2, -0.15) is 0 Å². The first-order valence-electron chi connectivity index (χ1n) is 8.95. The molecule has 1 aliphatic rings. The Morgan fingerprint density at radius 2 is 2.24 bits per heavy atom. The first kappa shape index (κ1) is 18.4. The van der Waals surface area contributed by atoms with Crippen LogP contribution in [0.2, 0.25) is 0 Å². The van der Waals surface area contributed by atoms with Crippen molar-refractivity contribution in [3.05, 3.63) is 50.4 Å². The van der Waals surface area contributed by atoms with E-state index >= 15 is 0 Å². The molecule has 0 aliphatic carbocycles. The highest BCUT2D eigenvalue weighted by Crippen LogP contribution is 2.34. The monoisotopic (exact) mass is 375 g/mol. The molecule has 3 rings (SSSR count). The summed E-state index contributed by atoms with van der Waals surface area (Å²) in [7, 11) is 0. The molecule has 1 fully saturated rings. The van der Waals surface area contributed by atoms with Crippen LogP contribution in [-0.4, -0.2) is 35.6 Å². The fourth-order valence-electron chi connectivity index (χ4n) is 3.44. The van der Waals surface area contributed by atoms with Gasteiger partial charge in [-0.1, -0.05) is 19.1 Å². The lowest BCUT2D eigenvalue weighted by molar-refractivity contribution is -0.143. The second-order valence-corrected chi connectivity index (χ2v) is 8.35. The molecule has 3 nitrogen and oxygen atoms in total. The van der Waals surface area contributed by atoms with E-state index in [1.807, 2.05) is 11.3 Å². The fourth-order valence-corrected chi connectivity index (χ4v) is 5.33. The average molecular weight is 376 g/mol. The van der Waals surface area contributed by atoms with Gasteiger partial charge < -0.3 is 10.0 Å². The highest BCUT2D eigenvalue weighted by atomic mass is 32.1. The van der Waals surface area contributed by atoms with Crippen LogP contribution in [0.3, 0.4) is 0 Å². The SMILES string of the molecule is CCc1ccsc1/C(=C/CCN1CCCC(C(=O)O)C1)c1cccs1. The van der Waals surface area contributed by atoms with E-state index in [0.717, 1.165) is 38.8 Å². The number of nitrogens with zero attached hydrogens (tertiary/aromatic N) is 1. The van der Waals surface area contributed by atoms with Gasteiger partial charge in [-0.3, -0.25) is 4.79 Å². The average Bonchev–Trinajstić information content (AvgIpc) is 3.30. The van der Waals surface area contributed by atoms with Crippen molar-refractivity contribution < 1.29 is 9.90 Å². The maximum Gasteiger partial charge on any atom is 0.307 e. The molecule has 1 unspecified atom stereocenters. The fraction of sp³-hybridized carbons (Fsp3) is 0.450. The minimum absolute atomic E-state index is 0.196. The zero-order valence-corrected chi connectivity index (χ0v) is 16.2. The van der Waals surface area contributed by atoms with Crippen LogP contribution in [0.4, 0.5) is 0 Å². The number of carboxylic acids is 1. The summed E-state index contributed by atoms with van der Waals surface area (Å²) < 4.78 is 0. The van der Waals surface area contributed by atoms with Gasteiger partial charge in [0.05, 0.1) is 5.92 Å². The van der Waals surface area contributed by atoms with E-state index < -0.39 is 5.97 Å². The molecule has 0 saturated carbocycles. The highest BCUT2D eigenvalue weighted by Gasteiger charge is 2.24. The third-order valence-electron chi connectivity index (χ3n) is 4.81. The van der Waals surface area contributed by atoms with Gasteiger partial charge in [0.2, 0.25) is 0 Å². The molecule has 5 heteroatoms. The lowest BCUT2D eigenvalue weighted by Crippen LogP contribution is -2.39. The maximum absolute atomic E-state index is 11.2. The number of aliphatic carboxylic acids is 1. The van der Waals surface area contributed by atoms with Crippen molar-refractivity contribution in [2.75, 3.05) is 19.6 Å². The minimum Gasteiger partial charge on any atom is -0.481 e. The molecular formula is C20H25NO2S2. The van der Waals surface area contributed by atoms with Crippen LogP contribution in [0.25, 0.3) is 5.57 Å². The van der Waals surface area contributed by atoms with Gasteiger partial charge in [-0.05, 0) is 60.7 Å². The van der Waals surface area contributed by atoms with Crippen LogP contribution in [-0.2, 0) is 11.2 Å². The Labute approximate surface area is 157 Å². The molecule has 0 aromatic carbocycles. The first-order valence-corrected chi connectivity index (χ1v) is 10.7. The van der Waals surface area contributed by atoms with Crippen LogP contribution < -0.4 is 0 Å². The molecule has 1 atom stereocenters. The summed E-state index contributed by atoms with van der Waals surface area (Å²) in [6.07, 6.45) is 6.16. The summed E-state index contributed by atoms with van der Waals surface area (Å²) >= 11 is 3.60. The smallest absolute Gasteiger partial charge is 0.307 e. The van der Waals surface area contributed by atoms with Crippen LogP contribution in [0.15, 0.2) is 35.0 Å². The molecule has 1 N–H and O–H groups in total. The van der Waals surface area contributed by atoms with E-state index in [1.165, 1.54) is 20.9 Å². The van der Waals surface area contributed by atoms with E-state index in [4.69, 9.17) is 0 Å². The Kier molecular flexibility index (Phi) is 6.45. The quantitative estimate of drug-likeness (QED) is 0.741. The number of carbonyl (C=O) groups is 1. The van der Waals surface area contributed by atoms with Gasteiger partial charge in [0.25, 0.3) is 0 Å². The van der Waals surface area contributed by atoms with E-state index in [9.17, 15) is 9.90 Å². The third-order valence-corrected chi connectivity index (χ3v) is 6.70. The van der Waals surface area contributed by atoms with Crippen molar-refractivity contribution >= 4 is 34.2 Å². The van der Waals surface area contributed by atoms with Gasteiger partial charge in [0, 0.05) is 28.4 Å². The Bertz CT molecular complexity index is 718. The number of hydrogen-bond acceptors (Lipinski definition) is 4. The Morgan fingerprint density at radius 1 is 1.36 bits per heavy atom. The van der Waals surface area contributed by atoms with Crippen molar-refractivity contribution in [3.63, 3.8) is 0 Å². The van der Waals surface area contributed by atoms with Crippen LogP contribution in [0.1, 0.15) is 41.5 Å². The molecule has 2 aromatic heterocycles. The highest BCUT2D eigenvalue weighted by molar-refractivity contribution is 7.13. The summed E-state index contributed by atoms with van der Waals surface area (Å²) in [5, 5.41) is 13.5. The molecule has 134 valence electrons. The van der Waals surface area contributed by atoms with Crippen molar-refractivity contribution in [1.29, 1.82) is 0 Å². The Hall–Kier alpha value is -1.43. The number of thiophene rings is 2. The topological polar surface area (TPSA) is 40.5 Å². The van der Waals surface area contributed by atoms with Gasteiger partial charge in [0.1, 0.15) is 0 Å². The van der Waals surface area contributed by atoms with Crippen molar-refractivity contribution in [2.24, 2.45) is 5.92 Å². The summed E-state index contributed by atoms with van der Waals surface area (Å²) in [5.41, 5.74) is 2.75. The number of rotatable bonds is 7. The summed E-state index contributed by atoms with van der Waals surface area (Å²) in [4.78, 5) is 16.2. The normalized spacial score (nSPS) is 19.2. The van der Waals surface area contributed by atoms with Gasteiger partial charge >= 0.3 is 5.97 Å². The van der Waals surface area contributed by atoms with Gasteiger partial charge in [0.15, 0.2) is 0 Å². The first-order chi connectivity index (χ1) is 12.2. The lowest BCUT2D eigenvalue weighted by atomic mass is 9.98. The number of hydrogen-bond donors (Lipinski definition) is 1. The van der Waals surface area contributed by atoms with Crippen LogP contribution in [0.5, 0.6) is 0 Å². The molecule has 3 heterocycles. The van der Waals surface area contributed by atoms with Crippen LogP contribution in [0, 0.1) is 5.92 Å². The van der Waals surface area contributed by atoms with Crippen molar-refractivity contribution in [2.45, 2.75) is 32.6 Å². The maximum atomic E-state index is 11.2. The van der Waals surface area contributed by atoms with E-state index in [-0.39, 0.29) is 5.92 Å². The molecule has 0 radical (unpaired) electrons. The second kappa shape index (κ2) is 8.79. The number of likely N-dealkylation sites (tertiary alicyclic amines) is 1. The van der Waals surface area contributed by atoms with Gasteiger partial charge in [-0.15, -0.1) is 22.7 Å². The minimum atomic E-state index is -0.648. The predicted octanol–water partition coefficient (Wildman–Crippen LogP) is 4.99. The third kappa shape index (κ3) is 4.60. The second-order valence-electron chi connectivity index (χ2n) is 6.49. The molecule has 2 aromatic rings. The molecule has 25 heavy (non-hydrogen) atoms. The summed E-state index contributed by atoms with van der Waals surface area (Å²) in [6.45, 7) is 4.85. The number of carboxylic acid groups (broad SMARTS) is 1. The molecule has 0 bridgehead atoms. The lowest BCUT2D eigenvalue weighted by Gasteiger charge is -2.30. The van der Waals surface area contributed by atoms with Crippen LogP contribution >= 0.6 is 22.7 Å². The molecule has 1 saturated heterocycles. The standard InChI is InChI=1S/C20H25NO2S2/c1-2-15-9-13-25-19(15)17(18-8-5-12-24-18)7-4-11-21-10-3-6-16(14-21)20(22)23/h5,7-9,12-13,16H,2-4,6,10-11,14H2,1H3,(H,22,23)/b17-7+. The predicted molar refractivity (Wildman–Crippen MR) is 107 cm³/mol. The largest absolute Gasteiger partial charge is 0.481 e. The Morgan fingerprint density at radius 3 is 2.96 bits per heavy atom. The molecule has 1 aliphatic heterocycles. The zero-order chi connectivity index (χ0) is 17.6. The van der Waals surface area contributed by atoms with E-state index in [2.05, 4.69) is 46.9 Å². The molecule has 0 spiro atoms. The number of piperidine rings is 1. The van der Waals surface area contributed by atoms with E-state index in [0.29, 0.717) is 6.54 Å². The van der Waals surface area contributed by atoms with E-state index in [1.54, 1.807) is 11.3 Å². The van der Waals surface area contributed by atoms with Crippen molar-refractivity contribution in [1.82, 2.24) is 4.90 Å². The number of aryl methyl sites for hydroxylation is 1. The molecule has 0 amide bonds. The van der Waals surface area contributed by atoms with Crippen molar-refractivity contribution in [3.8, 4) is 0 Å². The summed E-state index contributed by atoms with van der Waals surface area (Å²) in [6, 6.07) is 6.52. The summed E-state index contributed by atoms with van der Waals surface area (Å²) in [5.74, 6) is -0.843. The zero-order valence-electron chi connectivity index (χ0n) is 14.6. The van der Waals surface area contributed by atoms with Gasteiger partial charge in [-0.25, -0.2) is 0 Å². The Balaban J connectivity index is 1.71.